The Bertz CT molecular complexity index is 479. The summed E-state index contributed by atoms with van der Waals surface area (Å²) in [6.45, 7) is 3.85. The molecule has 19 heavy (non-hydrogen) atoms. The van der Waals surface area contributed by atoms with Crippen LogP contribution >= 0.6 is 11.6 Å². The van der Waals surface area contributed by atoms with Crippen molar-refractivity contribution < 1.29 is 13.9 Å². The van der Waals surface area contributed by atoms with Gasteiger partial charge in [-0.25, -0.2) is 13.5 Å². The van der Waals surface area contributed by atoms with Crippen molar-refractivity contribution in [2.75, 3.05) is 11.9 Å². The van der Waals surface area contributed by atoms with Crippen LogP contribution in [0.4, 0.5) is 14.5 Å². The maximum absolute atomic E-state index is 12.1. The molecule has 0 aliphatic carbocycles. The fourth-order valence-electron chi connectivity index (χ4n) is 1.37. The topological polar surface area (TPSA) is 67.2 Å². The molecule has 0 aromatic carbocycles. The molecular formula is C11H16ClF2N3O2. The normalized spacial score (nSPS) is 13.1. The maximum Gasteiger partial charge on any atom is 0.287 e. The van der Waals surface area contributed by atoms with Gasteiger partial charge in [0, 0.05) is 13.1 Å². The largest absolute Gasteiger partial charge is 0.385 e. The number of nitrogens with one attached hydrogen (secondary N) is 1. The van der Waals surface area contributed by atoms with Crippen molar-refractivity contribution in [1.29, 1.82) is 0 Å². The van der Waals surface area contributed by atoms with E-state index in [9.17, 15) is 13.6 Å². The average molecular weight is 296 g/mol. The second-order valence-electron chi connectivity index (χ2n) is 4.54. The van der Waals surface area contributed by atoms with E-state index in [1.54, 1.807) is 0 Å². The van der Waals surface area contributed by atoms with Crippen LogP contribution in [0, 0.1) is 5.92 Å². The summed E-state index contributed by atoms with van der Waals surface area (Å²) in [6, 6.07) is 0. The van der Waals surface area contributed by atoms with E-state index >= 15 is 0 Å². The van der Waals surface area contributed by atoms with Crippen LogP contribution in [0.1, 0.15) is 13.8 Å². The van der Waals surface area contributed by atoms with Crippen LogP contribution in [0.3, 0.4) is 0 Å². The molecular weight excluding hydrogens is 280 g/mol. The minimum Gasteiger partial charge on any atom is -0.385 e. The summed E-state index contributed by atoms with van der Waals surface area (Å²) in [5.74, 6) is 0.223. The second kappa shape index (κ2) is 6.81. The molecule has 8 heteroatoms. The Balaban J connectivity index is 2.82. The third-order valence-corrected chi connectivity index (χ3v) is 2.68. The molecule has 1 atom stereocenters. The molecule has 0 radical (unpaired) electrons. The Morgan fingerprint density at radius 3 is 2.68 bits per heavy atom. The third-order valence-electron chi connectivity index (χ3n) is 2.32. The summed E-state index contributed by atoms with van der Waals surface area (Å²) < 4.78 is 25.4. The number of aromatic nitrogens is 2. The van der Waals surface area contributed by atoms with Crippen molar-refractivity contribution in [2.24, 2.45) is 5.92 Å². The first-order valence-electron chi connectivity index (χ1n) is 5.78. The molecule has 0 amide bonds. The molecule has 0 saturated heterocycles. The van der Waals surface area contributed by atoms with Crippen LogP contribution in [0.25, 0.3) is 0 Å². The summed E-state index contributed by atoms with van der Waals surface area (Å²) in [5, 5.41) is 15.2. The lowest BCUT2D eigenvalue weighted by molar-refractivity contribution is 0.00384. The highest BCUT2D eigenvalue weighted by Gasteiger charge is 2.17. The number of aliphatic hydroxyl groups is 1. The molecule has 0 aliphatic heterocycles. The first kappa shape index (κ1) is 15.8. The van der Waals surface area contributed by atoms with Crippen molar-refractivity contribution >= 4 is 17.3 Å². The number of hydrogen-bond donors (Lipinski definition) is 2. The van der Waals surface area contributed by atoms with Gasteiger partial charge in [-0.05, 0) is 5.92 Å². The van der Waals surface area contributed by atoms with Crippen molar-refractivity contribution in [3.63, 3.8) is 0 Å². The summed E-state index contributed by atoms with van der Waals surface area (Å²) >= 11 is 5.84. The van der Waals surface area contributed by atoms with Gasteiger partial charge in [0.05, 0.1) is 11.9 Å². The first-order valence-corrected chi connectivity index (χ1v) is 6.16. The second-order valence-corrected chi connectivity index (χ2v) is 4.91. The maximum atomic E-state index is 12.1. The van der Waals surface area contributed by atoms with E-state index in [0.29, 0.717) is 6.54 Å². The van der Waals surface area contributed by atoms with Gasteiger partial charge >= 0.3 is 0 Å². The van der Waals surface area contributed by atoms with E-state index in [2.05, 4.69) is 10.4 Å². The molecule has 1 rings (SSSR count). The number of aliphatic hydroxyl groups excluding tert-OH is 1. The lowest BCUT2D eigenvalue weighted by atomic mass is 10.2. The minimum absolute atomic E-state index is 0.128. The minimum atomic E-state index is -2.86. The monoisotopic (exact) mass is 295 g/mol. The van der Waals surface area contributed by atoms with Crippen LogP contribution in [0.2, 0.25) is 5.02 Å². The van der Waals surface area contributed by atoms with Crippen LogP contribution in [-0.4, -0.2) is 34.0 Å². The third kappa shape index (κ3) is 4.43. The molecule has 0 saturated carbocycles. The van der Waals surface area contributed by atoms with Crippen LogP contribution in [0.5, 0.6) is 0 Å². The Labute approximate surface area is 114 Å². The standard InChI is InChI=1S/C11H16ClF2N3O2/c1-6(2)5-17-11(19)9(12)7(3-16-17)15-4-8(18)10(13)14/h3,6,8,10,15,18H,4-5H2,1-2H3. The van der Waals surface area contributed by atoms with E-state index in [1.807, 2.05) is 13.8 Å². The molecule has 108 valence electrons. The lowest BCUT2D eigenvalue weighted by Crippen LogP contribution is -2.29. The molecule has 1 unspecified atom stereocenters. The SMILES string of the molecule is CC(C)Cn1ncc(NCC(O)C(F)F)c(Cl)c1=O. The quantitative estimate of drug-likeness (QED) is 0.836. The highest BCUT2D eigenvalue weighted by Crippen LogP contribution is 2.16. The smallest absolute Gasteiger partial charge is 0.287 e. The number of hydrogen-bond acceptors (Lipinski definition) is 4. The molecule has 0 aliphatic rings. The predicted octanol–water partition coefficient (Wildman–Crippen LogP) is 1.59. The van der Waals surface area contributed by atoms with Crippen molar-refractivity contribution in [2.45, 2.75) is 32.9 Å². The van der Waals surface area contributed by atoms with Gasteiger partial charge in [-0.15, -0.1) is 0 Å². The molecule has 1 heterocycles. The Morgan fingerprint density at radius 1 is 1.53 bits per heavy atom. The number of halogens is 3. The summed E-state index contributed by atoms with van der Waals surface area (Å²) in [4.78, 5) is 11.8. The van der Waals surface area contributed by atoms with Crippen molar-refractivity contribution in [1.82, 2.24) is 9.78 Å². The molecule has 0 fully saturated rings. The molecule has 2 N–H and O–H groups in total. The average Bonchev–Trinajstić information content (AvgIpc) is 2.33. The number of nitrogens with zero attached hydrogens (tertiary/aromatic N) is 2. The van der Waals surface area contributed by atoms with Crippen LogP contribution in [0.15, 0.2) is 11.0 Å². The van der Waals surface area contributed by atoms with Gasteiger partial charge in [0.25, 0.3) is 12.0 Å². The highest BCUT2D eigenvalue weighted by atomic mass is 35.5. The highest BCUT2D eigenvalue weighted by molar-refractivity contribution is 6.32. The number of rotatable bonds is 6. The Morgan fingerprint density at radius 2 is 2.16 bits per heavy atom. The van der Waals surface area contributed by atoms with E-state index in [1.165, 1.54) is 10.9 Å². The zero-order valence-corrected chi connectivity index (χ0v) is 11.4. The molecule has 1 aromatic heterocycles. The summed E-state index contributed by atoms with van der Waals surface area (Å²) in [6.07, 6.45) is -3.40. The van der Waals surface area contributed by atoms with E-state index < -0.39 is 24.6 Å². The Kier molecular flexibility index (Phi) is 5.68. The van der Waals surface area contributed by atoms with Gasteiger partial charge in [0.15, 0.2) is 0 Å². The summed E-state index contributed by atoms with van der Waals surface area (Å²) in [5.41, 5.74) is -0.363. The summed E-state index contributed by atoms with van der Waals surface area (Å²) in [7, 11) is 0. The van der Waals surface area contributed by atoms with Gasteiger partial charge in [0.2, 0.25) is 0 Å². The molecule has 1 aromatic rings. The Hall–Kier alpha value is -1.21. The number of anilines is 1. The first-order chi connectivity index (χ1) is 8.82. The van der Waals surface area contributed by atoms with Crippen LogP contribution < -0.4 is 10.9 Å². The fourth-order valence-corrected chi connectivity index (χ4v) is 1.58. The fraction of sp³-hybridized carbons (Fsp3) is 0.636. The molecule has 0 spiro atoms. The van der Waals surface area contributed by atoms with E-state index in [4.69, 9.17) is 16.7 Å². The van der Waals surface area contributed by atoms with Crippen LogP contribution in [-0.2, 0) is 6.54 Å². The number of alkyl halides is 2. The van der Waals surface area contributed by atoms with Gasteiger partial charge in [-0.3, -0.25) is 4.79 Å². The van der Waals surface area contributed by atoms with Gasteiger partial charge in [0.1, 0.15) is 11.1 Å². The predicted molar refractivity (Wildman–Crippen MR) is 68.8 cm³/mol. The van der Waals surface area contributed by atoms with Gasteiger partial charge in [-0.2, -0.15) is 5.10 Å². The van der Waals surface area contributed by atoms with Gasteiger partial charge in [-0.1, -0.05) is 25.4 Å². The van der Waals surface area contributed by atoms with E-state index in [-0.39, 0.29) is 16.6 Å². The zero-order chi connectivity index (χ0) is 14.6. The van der Waals surface area contributed by atoms with Gasteiger partial charge < -0.3 is 10.4 Å². The zero-order valence-electron chi connectivity index (χ0n) is 10.6. The van der Waals surface area contributed by atoms with Crippen molar-refractivity contribution in [3.05, 3.63) is 21.6 Å². The van der Waals surface area contributed by atoms with E-state index in [0.717, 1.165) is 0 Å². The molecule has 0 bridgehead atoms. The van der Waals surface area contributed by atoms with Crippen molar-refractivity contribution in [3.8, 4) is 0 Å². The lowest BCUT2D eigenvalue weighted by Gasteiger charge is -2.14. The molecule has 5 nitrogen and oxygen atoms in total.